The van der Waals surface area contributed by atoms with Crippen LogP contribution in [-0.2, 0) is 11.2 Å². The van der Waals surface area contributed by atoms with Gasteiger partial charge in [0.2, 0.25) is 5.91 Å². The molecule has 0 saturated heterocycles. The molecule has 0 saturated carbocycles. The van der Waals surface area contributed by atoms with Gasteiger partial charge < -0.3 is 10.3 Å². The van der Waals surface area contributed by atoms with Crippen LogP contribution in [0.2, 0.25) is 0 Å². The van der Waals surface area contributed by atoms with Crippen molar-refractivity contribution in [3.63, 3.8) is 0 Å². The van der Waals surface area contributed by atoms with E-state index in [9.17, 15) is 4.79 Å². The Labute approximate surface area is 92.9 Å². The van der Waals surface area contributed by atoms with Gasteiger partial charge in [-0.05, 0) is 18.6 Å². The Hall–Kier alpha value is -2.17. The molecule has 16 heavy (non-hydrogen) atoms. The molecule has 2 heterocycles. The topological polar surface area (TPSA) is 70.7 Å². The van der Waals surface area contributed by atoms with Crippen molar-refractivity contribution in [2.75, 3.05) is 5.32 Å². The molecule has 0 unspecified atom stereocenters. The summed E-state index contributed by atoms with van der Waals surface area (Å²) in [6.45, 7) is 0. The minimum Gasteiger partial charge on any atom is -0.348 e. The van der Waals surface area contributed by atoms with Crippen molar-refractivity contribution in [2.45, 2.75) is 12.8 Å². The molecule has 5 heteroatoms. The van der Waals surface area contributed by atoms with Gasteiger partial charge in [-0.2, -0.15) is 0 Å². The lowest BCUT2D eigenvalue weighted by molar-refractivity contribution is -0.116. The summed E-state index contributed by atoms with van der Waals surface area (Å²) in [5.74, 6) is 0.533. The first kappa shape index (κ1) is 10.4. The minimum atomic E-state index is -0.0479. The van der Waals surface area contributed by atoms with Crippen LogP contribution in [0, 0.1) is 0 Å². The van der Waals surface area contributed by atoms with Gasteiger partial charge in [0.1, 0.15) is 5.82 Å². The predicted octanol–water partition coefficient (Wildman–Crippen LogP) is 1.38. The first-order valence-electron chi connectivity index (χ1n) is 5.03. The van der Waals surface area contributed by atoms with Crippen molar-refractivity contribution in [3.8, 4) is 0 Å². The first-order chi connectivity index (χ1) is 7.84. The number of carbonyl (C=O) groups excluding carboxylic acids is 1. The SMILES string of the molecule is O=C(CCc1cnc[nH]1)Nc1ccccn1. The molecule has 2 aromatic heterocycles. The summed E-state index contributed by atoms with van der Waals surface area (Å²) in [5, 5.41) is 2.72. The van der Waals surface area contributed by atoms with E-state index in [0.717, 1.165) is 5.69 Å². The second-order valence-corrected chi connectivity index (χ2v) is 3.34. The third kappa shape index (κ3) is 2.91. The lowest BCUT2D eigenvalue weighted by Crippen LogP contribution is -2.13. The van der Waals surface area contributed by atoms with E-state index in [1.54, 1.807) is 30.9 Å². The zero-order chi connectivity index (χ0) is 11.2. The summed E-state index contributed by atoms with van der Waals surface area (Å²) in [7, 11) is 0. The highest BCUT2D eigenvalue weighted by Gasteiger charge is 2.03. The normalized spacial score (nSPS) is 10.0. The molecule has 0 bridgehead atoms. The molecular formula is C11H12N4O. The third-order valence-corrected chi connectivity index (χ3v) is 2.11. The Morgan fingerprint density at radius 1 is 1.44 bits per heavy atom. The third-order valence-electron chi connectivity index (χ3n) is 2.11. The number of H-pyrrole nitrogens is 1. The molecule has 0 fully saturated rings. The van der Waals surface area contributed by atoms with Gasteiger partial charge in [0, 0.05) is 24.5 Å². The van der Waals surface area contributed by atoms with Crippen molar-refractivity contribution in [3.05, 3.63) is 42.6 Å². The van der Waals surface area contributed by atoms with Crippen molar-refractivity contribution in [1.29, 1.82) is 0 Å². The number of carbonyl (C=O) groups is 1. The summed E-state index contributed by atoms with van der Waals surface area (Å²) < 4.78 is 0. The molecule has 0 aliphatic heterocycles. The number of hydrogen-bond donors (Lipinski definition) is 2. The van der Waals surface area contributed by atoms with Crippen LogP contribution in [-0.4, -0.2) is 20.9 Å². The van der Waals surface area contributed by atoms with Gasteiger partial charge >= 0.3 is 0 Å². The first-order valence-corrected chi connectivity index (χ1v) is 5.03. The highest BCUT2D eigenvalue weighted by atomic mass is 16.1. The van der Waals surface area contributed by atoms with Crippen molar-refractivity contribution in [2.24, 2.45) is 0 Å². The van der Waals surface area contributed by atoms with Crippen LogP contribution in [0.25, 0.3) is 0 Å². The highest BCUT2D eigenvalue weighted by Crippen LogP contribution is 2.02. The Balaban J connectivity index is 1.81. The van der Waals surface area contributed by atoms with Crippen LogP contribution in [0.5, 0.6) is 0 Å². The van der Waals surface area contributed by atoms with Crippen molar-refractivity contribution >= 4 is 11.7 Å². The smallest absolute Gasteiger partial charge is 0.225 e. The van der Waals surface area contributed by atoms with Gasteiger partial charge in [0.15, 0.2) is 0 Å². The number of nitrogens with one attached hydrogen (secondary N) is 2. The monoisotopic (exact) mass is 216 g/mol. The molecule has 5 nitrogen and oxygen atoms in total. The predicted molar refractivity (Wildman–Crippen MR) is 59.8 cm³/mol. The Kier molecular flexibility index (Phi) is 3.28. The van der Waals surface area contributed by atoms with Gasteiger partial charge in [-0.25, -0.2) is 9.97 Å². The molecule has 0 aliphatic carbocycles. The average Bonchev–Trinajstić information content (AvgIpc) is 2.81. The van der Waals surface area contributed by atoms with Crippen molar-refractivity contribution < 1.29 is 4.79 Å². The van der Waals surface area contributed by atoms with E-state index in [1.807, 2.05) is 6.07 Å². The fourth-order valence-corrected chi connectivity index (χ4v) is 1.31. The number of anilines is 1. The number of hydrogen-bond acceptors (Lipinski definition) is 3. The number of pyridine rings is 1. The zero-order valence-electron chi connectivity index (χ0n) is 8.68. The number of rotatable bonds is 4. The van der Waals surface area contributed by atoms with Gasteiger partial charge in [-0.3, -0.25) is 4.79 Å². The van der Waals surface area contributed by atoms with E-state index in [0.29, 0.717) is 18.7 Å². The van der Waals surface area contributed by atoms with E-state index in [1.165, 1.54) is 0 Å². The van der Waals surface area contributed by atoms with E-state index in [-0.39, 0.29) is 5.91 Å². The zero-order valence-corrected chi connectivity index (χ0v) is 8.68. The van der Waals surface area contributed by atoms with E-state index in [2.05, 4.69) is 20.3 Å². The van der Waals surface area contributed by atoms with Crippen LogP contribution >= 0.6 is 0 Å². The summed E-state index contributed by atoms with van der Waals surface area (Å²) in [4.78, 5) is 22.4. The molecule has 0 aromatic carbocycles. The van der Waals surface area contributed by atoms with Gasteiger partial charge in [0.25, 0.3) is 0 Å². The molecule has 2 N–H and O–H groups in total. The summed E-state index contributed by atoms with van der Waals surface area (Å²) >= 11 is 0. The fraction of sp³-hybridized carbons (Fsp3) is 0.182. The molecule has 0 radical (unpaired) electrons. The van der Waals surface area contributed by atoms with Gasteiger partial charge in [-0.1, -0.05) is 6.07 Å². The van der Waals surface area contributed by atoms with Crippen molar-refractivity contribution in [1.82, 2.24) is 15.0 Å². The minimum absolute atomic E-state index is 0.0479. The summed E-state index contributed by atoms with van der Waals surface area (Å²) in [6.07, 6.45) is 6.03. The molecule has 82 valence electrons. The lowest BCUT2D eigenvalue weighted by atomic mass is 10.2. The number of aromatic nitrogens is 3. The van der Waals surface area contributed by atoms with Crippen LogP contribution in [0.4, 0.5) is 5.82 Å². The maximum atomic E-state index is 11.5. The molecule has 1 amide bonds. The van der Waals surface area contributed by atoms with Gasteiger partial charge in [0.05, 0.1) is 6.33 Å². The highest BCUT2D eigenvalue weighted by molar-refractivity contribution is 5.89. The number of imidazole rings is 1. The van der Waals surface area contributed by atoms with E-state index < -0.39 is 0 Å². The van der Waals surface area contributed by atoms with E-state index >= 15 is 0 Å². The Morgan fingerprint density at radius 3 is 3.06 bits per heavy atom. The molecule has 0 atom stereocenters. The van der Waals surface area contributed by atoms with E-state index in [4.69, 9.17) is 0 Å². The largest absolute Gasteiger partial charge is 0.348 e. The number of aromatic amines is 1. The van der Waals surface area contributed by atoms with Gasteiger partial charge in [-0.15, -0.1) is 0 Å². The maximum absolute atomic E-state index is 11.5. The standard InChI is InChI=1S/C11H12N4O/c16-11(5-4-9-7-12-8-14-9)15-10-3-1-2-6-13-10/h1-3,6-8H,4-5H2,(H,12,14)(H,13,15,16). The van der Waals surface area contributed by atoms with Crippen LogP contribution in [0.1, 0.15) is 12.1 Å². The molecule has 0 aliphatic rings. The maximum Gasteiger partial charge on any atom is 0.225 e. The number of amides is 1. The quantitative estimate of drug-likeness (QED) is 0.811. The van der Waals surface area contributed by atoms with Crippen LogP contribution in [0.3, 0.4) is 0 Å². The number of aryl methyl sites for hydroxylation is 1. The molecule has 0 spiro atoms. The van der Waals surface area contributed by atoms with Crippen LogP contribution in [0.15, 0.2) is 36.9 Å². The van der Waals surface area contributed by atoms with Crippen LogP contribution < -0.4 is 5.32 Å². The Morgan fingerprint density at radius 2 is 2.38 bits per heavy atom. The fourth-order valence-electron chi connectivity index (χ4n) is 1.31. The summed E-state index contributed by atoms with van der Waals surface area (Å²) in [6, 6.07) is 5.39. The lowest BCUT2D eigenvalue weighted by Gasteiger charge is -2.02. The molecule has 2 rings (SSSR count). The average molecular weight is 216 g/mol. The molecule has 2 aromatic rings. The Bertz CT molecular complexity index is 438. The second kappa shape index (κ2) is 5.06. The summed E-state index contributed by atoms with van der Waals surface area (Å²) in [5.41, 5.74) is 0.955. The number of nitrogens with zero attached hydrogens (tertiary/aromatic N) is 2. The second-order valence-electron chi connectivity index (χ2n) is 3.34. The molecular weight excluding hydrogens is 204 g/mol.